The Kier molecular flexibility index (Phi) is 6.56. The van der Waals surface area contributed by atoms with Gasteiger partial charge >= 0.3 is 5.97 Å². The number of carbonyl (C=O) groups is 1. The van der Waals surface area contributed by atoms with Crippen LogP contribution in [0, 0.1) is 10.1 Å². The predicted molar refractivity (Wildman–Crippen MR) is 127 cm³/mol. The van der Waals surface area contributed by atoms with Gasteiger partial charge in [-0.2, -0.15) is 5.10 Å². The molecule has 0 saturated heterocycles. The summed E-state index contributed by atoms with van der Waals surface area (Å²) < 4.78 is 12.1. The molecule has 3 aromatic carbocycles. The molecule has 0 bridgehead atoms. The lowest BCUT2D eigenvalue weighted by atomic mass is 10.2. The van der Waals surface area contributed by atoms with Gasteiger partial charge in [0.25, 0.3) is 5.69 Å². The molecule has 0 unspecified atom stereocenters. The summed E-state index contributed by atoms with van der Waals surface area (Å²) in [6, 6.07) is 18.1. The van der Waals surface area contributed by atoms with Crippen molar-refractivity contribution in [1.29, 1.82) is 0 Å². The van der Waals surface area contributed by atoms with Crippen molar-refractivity contribution in [3.63, 3.8) is 0 Å². The molecule has 166 valence electrons. The fourth-order valence-corrected chi connectivity index (χ4v) is 3.76. The van der Waals surface area contributed by atoms with Crippen LogP contribution in [0.2, 0.25) is 0 Å². The molecule has 0 radical (unpaired) electrons. The van der Waals surface area contributed by atoms with Crippen molar-refractivity contribution in [3.8, 4) is 11.5 Å². The summed E-state index contributed by atoms with van der Waals surface area (Å²) in [5.41, 5.74) is 4.39. The first-order chi connectivity index (χ1) is 16.0. The highest BCUT2D eigenvalue weighted by Gasteiger charge is 2.16. The second-order valence-corrected chi connectivity index (χ2v) is 7.72. The number of carbonyl (C=O) groups excluding carboxylic acids is 1. The highest BCUT2D eigenvalue weighted by Crippen LogP contribution is 2.29. The number of nitro benzene ring substituents is 1. The maximum atomic E-state index is 12.5. The van der Waals surface area contributed by atoms with Crippen LogP contribution < -0.4 is 14.9 Å². The van der Waals surface area contributed by atoms with Gasteiger partial charge in [0.2, 0.25) is 5.13 Å². The molecule has 1 aromatic heterocycles. The lowest BCUT2D eigenvalue weighted by molar-refractivity contribution is -0.384. The van der Waals surface area contributed by atoms with Gasteiger partial charge in [0.15, 0.2) is 11.5 Å². The molecule has 0 aliphatic carbocycles. The Morgan fingerprint density at radius 3 is 2.79 bits per heavy atom. The number of para-hydroxylation sites is 1. The molecule has 0 amide bonds. The zero-order valence-electron chi connectivity index (χ0n) is 17.4. The van der Waals surface area contributed by atoms with E-state index in [4.69, 9.17) is 9.47 Å². The van der Waals surface area contributed by atoms with Crippen LogP contribution in [0.5, 0.6) is 11.5 Å². The molecule has 0 spiro atoms. The number of esters is 1. The number of benzene rings is 3. The average Bonchev–Trinajstić information content (AvgIpc) is 3.23. The number of non-ortho nitro benzene ring substituents is 1. The van der Waals surface area contributed by atoms with E-state index in [9.17, 15) is 14.9 Å². The third-order valence-electron chi connectivity index (χ3n) is 4.43. The van der Waals surface area contributed by atoms with Gasteiger partial charge in [-0.25, -0.2) is 9.78 Å². The van der Waals surface area contributed by atoms with Gasteiger partial charge in [0, 0.05) is 12.1 Å². The normalized spacial score (nSPS) is 10.9. The van der Waals surface area contributed by atoms with E-state index in [0.29, 0.717) is 23.1 Å². The number of nitrogens with one attached hydrogen (secondary N) is 1. The predicted octanol–water partition coefficient (Wildman–Crippen LogP) is 5.27. The number of hydrogen-bond donors (Lipinski definition) is 1. The zero-order chi connectivity index (χ0) is 23.2. The Bertz CT molecular complexity index is 1320. The highest BCUT2D eigenvalue weighted by molar-refractivity contribution is 7.22. The average molecular weight is 462 g/mol. The molecule has 4 aromatic rings. The van der Waals surface area contributed by atoms with E-state index < -0.39 is 10.9 Å². The second-order valence-electron chi connectivity index (χ2n) is 6.69. The van der Waals surface area contributed by atoms with Crippen LogP contribution in [-0.4, -0.2) is 28.7 Å². The van der Waals surface area contributed by atoms with E-state index in [-0.39, 0.29) is 17.0 Å². The first kappa shape index (κ1) is 21.9. The van der Waals surface area contributed by atoms with Crippen LogP contribution in [0.1, 0.15) is 22.8 Å². The fourth-order valence-electron chi connectivity index (χ4n) is 2.94. The van der Waals surface area contributed by atoms with E-state index in [1.54, 1.807) is 24.4 Å². The van der Waals surface area contributed by atoms with Crippen molar-refractivity contribution >= 4 is 44.6 Å². The Labute approximate surface area is 192 Å². The number of anilines is 1. The largest absolute Gasteiger partial charge is 0.490 e. The van der Waals surface area contributed by atoms with Gasteiger partial charge < -0.3 is 9.47 Å². The quantitative estimate of drug-likeness (QED) is 0.125. The Balaban J connectivity index is 1.48. The van der Waals surface area contributed by atoms with Crippen LogP contribution in [0.15, 0.2) is 71.8 Å². The molecule has 0 fully saturated rings. The van der Waals surface area contributed by atoms with Gasteiger partial charge in [0.05, 0.1) is 33.5 Å². The van der Waals surface area contributed by atoms with Crippen LogP contribution in [0.3, 0.4) is 0 Å². The van der Waals surface area contributed by atoms with Gasteiger partial charge in [-0.15, -0.1) is 0 Å². The van der Waals surface area contributed by atoms with Crippen molar-refractivity contribution < 1.29 is 19.2 Å². The van der Waals surface area contributed by atoms with Gasteiger partial charge in [-0.3, -0.25) is 15.5 Å². The minimum absolute atomic E-state index is 0.0670. The number of thiazole rings is 1. The molecule has 0 aliphatic rings. The SMILES string of the molecule is CCOc1cc(/C=N\Nc2nc3ccccc3s2)ccc1OC(=O)c1cccc([N+](=O)[O-])c1. The minimum Gasteiger partial charge on any atom is -0.490 e. The minimum atomic E-state index is -0.724. The molecule has 0 atom stereocenters. The number of aromatic nitrogens is 1. The molecule has 9 nitrogen and oxygen atoms in total. The zero-order valence-corrected chi connectivity index (χ0v) is 18.2. The molecule has 1 N–H and O–H groups in total. The van der Waals surface area contributed by atoms with Crippen LogP contribution in [0.4, 0.5) is 10.8 Å². The topological polar surface area (TPSA) is 116 Å². The molecular formula is C23H18N4O5S. The van der Waals surface area contributed by atoms with E-state index in [1.807, 2.05) is 31.2 Å². The van der Waals surface area contributed by atoms with Gasteiger partial charge in [-0.05, 0) is 48.9 Å². The third-order valence-corrected chi connectivity index (χ3v) is 5.37. The van der Waals surface area contributed by atoms with Gasteiger partial charge in [-0.1, -0.05) is 29.5 Å². The smallest absolute Gasteiger partial charge is 0.343 e. The number of hydrazone groups is 1. The van der Waals surface area contributed by atoms with Gasteiger partial charge in [0.1, 0.15) is 0 Å². The number of nitrogens with zero attached hydrogens (tertiary/aromatic N) is 3. The van der Waals surface area contributed by atoms with Crippen molar-refractivity contribution in [2.75, 3.05) is 12.0 Å². The molecule has 0 aliphatic heterocycles. The van der Waals surface area contributed by atoms with E-state index in [1.165, 1.54) is 29.5 Å². The summed E-state index contributed by atoms with van der Waals surface area (Å²) in [4.78, 5) is 27.3. The molecule has 0 saturated carbocycles. The maximum absolute atomic E-state index is 12.5. The molecule has 10 heteroatoms. The van der Waals surface area contributed by atoms with Crippen LogP contribution in [-0.2, 0) is 0 Å². The highest BCUT2D eigenvalue weighted by atomic mass is 32.1. The van der Waals surface area contributed by atoms with E-state index in [0.717, 1.165) is 16.3 Å². The molecule has 33 heavy (non-hydrogen) atoms. The summed E-state index contributed by atoms with van der Waals surface area (Å²) in [6.07, 6.45) is 1.60. The lowest BCUT2D eigenvalue weighted by Gasteiger charge is -2.11. The van der Waals surface area contributed by atoms with Crippen molar-refractivity contribution in [3.05, 3.63) is 88.0 Å². The third kappa shape index (κ3) is 5.31. The van der Waals surface area contributed by atoms with Crippen molar-refractivity contribution in [2.45, 2.75) is 6.92 Å². The summed E-state index contributed by atoms with van der Waals surface area (Å²) in [7, 11) is 0. The molecular weight excluding hydrogens is 444 g/mol. The summed E-state index contributed by atoms with van der Waals surface area (Å²) in [5.74, 6) is -0.177. The summed E-state index contributed by atoms with van der Waals surface area (Å²) in [5, 5.41) is 15.8. The first-order valence-corrected chi connectivity index (χ1v) is 10.7. The number of fused-ring (bicyclic) bond motifs is 1. The Morgan fingerprint density at radius 2 is 2.00 bits per heavy atom. The van der Waals surface area contributed by atoms with Crippen molar-refractivity contribution in [1.82, 2.24) is 4.98 Å². The second kappa shape index (κ2) is 9.88. The number of hydrogen-bond acceptors (Lipinski definition) is 9. The van der Waals surface area contributed by atoms with Crippen LogP contribution in [0.25, 0.3) is 10.2 Å². The standard InChI is InChI=1S/C23H18N4O5S/c1-2-31-20-12-15(14-24-26-23-25-18-8-3-4-9-21(18)33-23)10-11-19(20)32-22(28)16-6-5-7-17(13-16)27(29)30/h3-14H,2H2,1H3,(H,25,26)/b24-14-. The van der Waals surface area contributed by atoms with E-state index >= 15 is 0 Å². The number of rotatable bonds is 8. The van der Waals surface area contributed by atoms with Crippen molar-refractivity contribution in [2.24, 2.45) is 5.10 Å². The number of nitro groups is 1. The van der Waals surface area contributed by atoms with Crippen LogP contribution >= 0.6 is 11.3 Å². The maximum Gasteiger partial charge on any atom is 0.343 e. The summed E-state index contributed by atoms with van der Waals surface area (Å²) in [6.45, 7) is 2.16. The Morgan fingerprint density at radius 1 is 1.15 bits per heavy atom. The number of ether oxygens (including phenoxy) is 2. The fraction of sp³-hybridized carbons (Fsp3) is 0.0870. The first-order valence-electron chi connectivity index (χ1n) is 9.91. The summed E-state index contributed by atoms with van der Waals surface area (Å²) >= 11 is 1.49. The molecule has 1 heterocycles. The Hall–Kier alpha value is -4.31. The monoisotopic (exact) mass is 462 g/mol. The molecule has 4 rings (SSSR count). The lowest BCUT2D eigenvalue weighted by Crippen LogP contribution is -2.10. The van der Waals surface area contributed by atoms with E-state index in [2.05, 4.69) is 15.5 Å².